The van der Waals surface area contributed by atoms with Crippen LogP contribution in [0.25, 0.3) is 0 Å². The molecule has 1 aromatic rings. The standard InChI is InChI=1S/C15H23NO2/c1-5-16(6-2)15(3,4)14(18)11-12-8-7-9-13(17)10-12/h7-10,17H,5-6,11H2,1-4H3. The Morgan fingerprint density at radius 3 is 2.39 bits per heavy atom. The largest absolute Gasteiger partial charge is 0.508 e. The number of hydrogen-bond acceptors (Lipinski definition) is 3. The first-order valence-electron chi connectivity index (χ1n) is 6.48. The highest BCUT2D eigenvalue weighted by Crippen LogP contribution is 2.19. The fraction of sp³-hybridized carbons (Fsp3) is 0.533. The second kappa shape index (κ2) is 6.01. The third kappa shape index (κ3) is 3.33. The Kier molecular flexibility index (Phi) is 4.91. The summed E-state index contributed by atoms with van der Waals surface area (Å²) < 4.78 is 0. The molecule has 18 heavy (non-hydrogen) atoms. The molecule has 100 valence electrons. The number of phenols is 1. The van der Waals surface area contributed by atoms with Crippen LogP contribution in [-0.2, 0) is 11.2 Å². The fourth-order valence-electron chi connectivity index (χ4n) is 2.26. The van der Waals surface area contributed by atoms with E-state index in [-0.39, 0.29) is 11.5 Å². The number of rotatable bonds is 6. The second-order valence-electron chi connectivity index (χ2n) is 5.00. The van der Waals surface area contributed by atoms with E-state index in [4.69, 9.17) is 0 Å². The average molecular weight is 249 g/mol. The van der Waals surface area contributed by atoms with Crippen LogP contribution in [0.2, 0.25) is 0 Å². The Morgan fingerprint density at radius 1 is 1.28 bits per heavy atom. The van der Waals surface area contributed by atoms with Crippen LogP contribution in [0.15, 0.2) is 24.3 Å². The highest BCUT2D eigenvalue weighted by Gasteiger charge is 2.32. The van der Waals surface area contributed by atoms with E-state index in [1.807, 2.05) is 19.9 Å². The molecular weight excluding hydrogens is 226 g/mol. The van der Waals surface area contributed by atoms with Crippen molar-refractivity contribution in [2.75, 3.05) is 13.1 Å². The number of carbonyl (C=O) groups excluding carboxylic acids is 1. The van der Waals surface area contributed by atoms with E-state index in [1.165, 1.54) is 0 Å². The van der Waals surface area contributed by atoms with Crippen LogP contribution in [0.3, 0.4) is 0 Å². The molecule has 0 bridgehead atoms. The van der Waals surface area contributed by atoms with E-state index in [0.29, 0.717) is 6.42 Å². The first-order chi connectivity index (χ1) is 8.41. The highest BCUT2D eigenvalue weighted by molar-refractivity contribution is 5.89. The van der Waals surface area contributed by atoms with Crippen molar-refractivity contribution in [3.05, 3.63) is 29.8 Å². The van der Waals surface area contributed by atoms with E-state index in [2.05, 4.69) is 18.7 Å². The smallest absolute Gasteiger partial charge is 0.156 e. The summed E-state index contributed by atoms with van der Waals surface area (Å²) in [5.74, 6) is 0.387. The van der Waals surface area contributed by atoms with Gasteiger partial charge in [0.1, 0.15) is 5.75 Å². The van der Waals surface area contributed by atoms with E-state index in [0.717, 1.165) is 18.7 Å². The van der Waals surface area contributed by atoms with Crippen molar-refractivity contribution in [2.45, 2.75) is 39.7 Å². The van der Waals surface area contributed by atoms with E-state index >= 15 is 0 Å². The molecule has 0 atom stereocenters. The zero-order valence-electron chi connectivity index (χ0n) is 11.7. The number of likely N-dealkylation sites (N-methyl/N-ethyl adjacent to an activating group) is 1. The van der Waals surface area contributed by atoms with Crippen LogP contribution in [0.5, 0.6) is 5.75 Å². The predicted molar refractivity (Wildman–Crippen MR) is 73.8 cm³/mol. The number of nitrogens with zero attached hydrogens (tertiary/aromatic N) is 1. The summed E-state index contributed by atoms with van der Waals surface area (Å²) in [4.78, 5) is 14.5. The molecule has 0 aromatic heterocycles. The van der Waals surface area contributed by atoms with Gasteiger partial charge in [-0.2, -0.15) is 0 Å². The zero-order chi connectivity index (χ0) is 13.8. The quantitative estimate of drug-likeness (QED) is 0.842. The van der Waals surface area contributed by atoms with Crippen LogP contribution in [0.1, 0.15) is 33.3 Å². The van der Waals surface area contributed by atoms with Crippen molar-refractivity contribution >= 4 is 5.78 Å². The van der Waals surface area contributed by atoms with Gasteiger partial charge in [0.2, 0.25) is 0 Å². The Hall–Kier alpha value is -1.35. The lowest BCUT2D eigenvalue weighted by Gasteiger charge is -2.35. The minimum Gasteiger partial charge on any atom is -0.508 e. The molecule has 1 aromatic carbocycles. The zero-order valence-corrected chi connectivity index (χ0v) is 11.7. The topological polar surface area (TPSA) is 40.5 Å². The Balaban J connectivity index is 2.81. The van der Waals surface area contributed by atoms with Gasteiger partial charge in [0.15, 0.2) is 5.78 Å². The van der Waals surface area contributed by atoms with E-state index < -0.39 is 5.54 Å². The van der Waals surface area contributed by atoms with Gasteiger partial charge in [-0.3, -0.25) is 9.69 Å². The third-order valence-corrected chi connectivity index (χ3v) is 3.51. The molecule has 0 saturated heterocycles. The molecule has 0 heterocycles. The summed E-state index contributed by atoms with van der Waals surface area (Å²) >= 11 is 0. The maximum atomic E-state index is 12.4. The summed E-state index contributed by atoms with van der Waals surface area (Å²) in [6.07, 6.45) is 0.359. The molecule has 3 nitrogen and oxygen atoms in total. The molecule has 1 N–H and O–H groups in total. The van der Waals surface area contributed by atoms with Crippen LogP contribution >= 0.6 is 0 Å². The minimum absolute atomic E-state index is 0.178. The van der Waals surface area contributed by atoms with Gasteiger partial charge in [0.05, 0.1) is 5.54 Å². The van der Waals surface area contributed by atoms with Gasteiger partial charge in [0.25, 0.3) is 0 Å². The molecule has 0 unspecified atom stereocenters. The maximum absolute atomic E-state index is 12.4. The highest BCUT2D eigenvalue weighted by atomic mass is 16.3. The molecular formula is C15H23NO2. The number of benzene rings is 1. The number of hydrogen-bond donors (Lipinski definition) is 1. The summed E-state index contributed by atoms with van der Waals surface area (Å²) in [6.45, 7) is 9.76. The van der Waals surface area contributed by atoms with Gasteiger partial charge in [0, 0.05) is 6.42 Å². The van der Waals surface area contributed by atoms with Crippen molar-refractivity contribution in [3.63, 3.8) is 0 Å². The number of ketones is 1. The molecule has 0 aliphatic heterocycles. The lowest BCUT2D eigenvalue weighted by Crippen LogP contribution is -2.50. The third-order valence-electron chi connectivity index (χ3n) is 3.51. The second-order valence-corrected chi connectivity index (χ2v) is 5.00. The number of aromatic hydroxyl groups is 1. The van der Waals surface area contributed by atoms with Gasteiger partial charge in [-0.25, -0.2) is 0 Å². The van der Waals surface area contributed by atoms with E-state index in [1.54, 1.807) is 18.2 Å². The monoisotopic (exact) mass is 249 g/mol. The molecule has 0 radical (unpaired) electrons. The number of Topliss-reactive ketones (excluding diaryl/α,β-unsaturated/α-hetero) is 1. The predicted octanol–water partition coefficient (Wildman–Crippen LogP) is 2.62. The fourth-order valence-corrected chi connectivity index (χ4v) is 2.26. The van der Waals surface area contributed by atoms with Crippen LogP contribution < -0.4 is 0 Å². The van der Waals surface area contributed by atoms with Gasteiger partial charge in [-0.05, 0) is 44.6 Å². The Bertz CT molecular complexity index is 409. The SMILES string of the molecule is CCN(CC)C(C)(C)C(=O)Cc1cccc(O)c1. The van der Waals surface area contributed by atoms with Gasteiger partial charge < -0.3 is 5.11 Å². The van der Waals surface area contributed by atoms with Gasteiger partial charge >= 0.3 is 0 Å². The average Bonchev–Trinajstić information content (AvgIpc) is 2.30. The molecule has 1 rings (SSSR count). The summed E-state index contributed by atoms with van der Waals surface area (Å²) in [5.41, 5.74) is 0.398. The van der Waals surface area contributed by atoms with Crippen molar-refractivity contribution in [1.29, 1.82) is 0 Å². The van der Waals surface area contributed by atoms with Gasteiger partial charge in [-0.15, -0.1) is 0 Å². The van der Waals surface area contributed by atoms with Crippen LogP contribution in [-0.4, -0.2) is 34.4 Å². The Labute approximate surface area is 109 Å². The normalized spacial score (nSPS) is 11.8. The molecule has 0 aliphatic carbocycles. The molecule has 3 heteroatoms. The number of phenolic OH excluding ortho intramolecular Hbond substituents is 1. The van der Waals surface area contributed by atoms with Crippen LogP contribution in [0.4, 0.5) is 0 Å². The van der Waals surface area contributed by atoms with Crippen molar-refractivity contribution in [2.24, 2.45) is 0 Å². The maximum Gasteiger partial charge on any atom is 0.156 e. The minimum atomic E-state index is -0.463. The Morgan fingerprint density at radius 2 is 1.89 bits per heavy atom. The summed E-state index contributed by atoms with van der Waals surface area (Å²) in [6, 6.07) is 6.90. The molecule has 0 amide bonds. The van der Waals surface area contributed by atoms with Crippen molar-refractivity contribution in [3.8, 4) is 5.75 Å². The van der Waals surface area contributed by atoms with Gasteiger partial charge in [-0.1, -0.05) is 26.0 Å². The lowest BCUT2D eigenvalue weighted by atomic mass is 9.91. The first kappa shape index (κ1) is 14.7. The summed E-state index contributed by atoms with van der Waals surface area (Å²) in [5, 5.41) is 9.41. The van der Waals surface area contributed by atoms with Crippen molar-refractivity contribution < 1.29 is 9.90 Å². The van der Waals surface area contributed by atoms with Crippen molar-refractivity contribution in [1.82, 2.24) is 4.90 Å². The first-order valence-corrected chi connectivity index (χ1v) is 6.48. The molecule has 0 spiro atoms. The molecule has 0 fully saturated rings. The molecule has 0 aliphatic rings. The summed E-state index contributed by atoms with van der Waals surface area (Å²) in [7, 11) is 0. The number of carbonyl (C=O) groups is 1. The lowest BCUT2D eigenvalue weighted by molar-refractivity contribution is -0.128. The molecule has 0 saturated carbocycles. The van der Waals surface area contributed by atoms with Crippen LogP contribution in [0, 0.1) is 0 Å². The van der Waals surface area contributed by atoms with E-state index in [9.17, 15) is 9.90 Å².